The summed E-state index contributed by atoms with van der Waals surface area (Å²) in [5.74, 6) is 0. The Morgan fingerprint density at radius 1 is 1.18 bits per heavy atom. The van der Waals surface area contributed by atoms with Crippen molar-refractivity contribution in [3.63, 3.8) is 0 Å². The summed E-state index contributed by atoms with van der Waals surface area (Å²) in [6.45, 7) is 6.44. The number of rotatable bonds is 6. The first kappa shape index (κ1) is 18.7. The number of nitrogens with two attached hydrogens (primary N) is 1. The molecular formula is C11H24N2O2S2. The van der Waals surface area contributed by atoms with E-state index in [-0.39, 0.29) is 0 Å². The SMILES string of the molecule is CCCCN(CCCC)C(=S)OC.NC(O)=S. The summed E-state index contributed by atoms with van der Waals surface area (Å²) >= 11 is 8.98. The number of nitrogens with zero attached hydrogens (tertiary/aromatic N) is 1. The molecule has 0 spiro atoms. The first-order valence-corrected chi connectivity index (χ1v) is 6.62. The van der Waals surface area contributed by atoms with Crippen LogP contribution in [0.3, 0.4) is 0 Å². The van der Waals surface area contributed by atoms with Crippen molar-refractivity contribution in [2.24, 2.45) is 5.73 Å². The molecule has 0 saturated heterocycles. The predicted octanol–water partition coefficient (Wildman–Crippen LogP) is 2.61. The first-order chi connectivity index (χ1) is 7.99. The Bertz CT molecular complexity index is 202. The average molecular weight is 280 g/mol. The van der Waals surface area contributed by atoms with Gasteiger partial charge in [0.15, 0.2) is 0 Å². The van der Waals surface area contributed by atoms with Crippen molar-refractivity contribution in [1.29, 1.82) is 0 Å². The molecular weight excluding hydrogens is 256 g/mol. The van der Waals surface area contributed by atoms with Crippen LogP contribution in [0.25, 0.3) is 0 Å². The van der Waals surface area contributed by atoms with Gasteiger partial charge in [0, 0.05) is 13.1 Å². The van der Waals surface area contributed by atoms with Gasteiger partial charge in [-0.15, -0.1) is 0 Å². The van der Waals surface area contributed by atoms with Gasteiger partial charge in [-0.05, 0) is 37.3 Å². The van der Waals surface area contributed by atoms with Crippen LogP contribution in [0.5, 0.6) is 0 Å². The second kappa shape index (κ2) is 13.4. The Balaban J connectivity index is 0. The highest BCUT2D eigenvalue weighted by atomic mass is 32.1. The minimum atomic E-state index is -0.500. The third-order valence-corrected chi connectivity index (χ3v) is 2.42. The van der Waals surface area contributed by atoms with Crippen molar-refractivity contribution in [2.45, 2.75) is 39.5 Å². The molecule has 0 aliphatic heterocycles. The van der Waals surface area contributed by atoms with Crippen molar-refractivity contribution >= 4 is 34.8 Å². The fourth-order valence-corrected chi connectivity index (χ4v) is 1.30. The van der Waals surface area contributed by atoms with E-state index >= 15 is 0 Å². The Kier molecular flexibility index (Phi) is 14.8. The molecule has 17 heavy (non-hydrogen) atoms. The molecule has 0 heterocycles. The summed E-state index contributed by atoms with van der Waals surface area (Å²) < 4.78 is 5.06. The van der Waals surface area contributed by atoms with Gasteiger partial charge < -0.3 is 20.5 Å². The summed E-state index contributed by atoms with van der Waals surface area (Å²) in [4.78, 5) is 2.16. The summed E-state index contributed by atoms with van der Waals surface area (Å²) in [7, 11) is 1.65. The van der Waals surface area contributed by atoms with E-state index in [0.29, 0.717) is 5.17 Å². The van der Waals surface area contributed by atoms with E-state index in [4.69, 9.17) is 22.1 Å². The molecule has 3 N–H and O–H groups in total. The van der Waals surface area contributed by atoms with E-state index in [1.54, 1.807) is 7.11 Å². The molecule has 0 amide bonds. The highest BCUT2D eigenvalue weighted by Crippen LogP contribution is 2.01. The molecule has 0 atom stereocenters. The van der Waals surface area contributed by atoms with Crippen molar-refractivity contribution < 1.29 is 9.84 Å². The second-order valence-electron chi connectivity index (χ2n) is 3.50. The molecule has 0 unspecified atom stereocenters. The highest BCUT2D eigenvalue weighted by molar-refractivity contribution is 7.80. The smallest absolute Gasteiger partial charge is 0.259 e. The lowest BCUT2D eigenvalue weighted by Gasteiger charge is -2.23. The van der Waals surface area contributed by atoms with Gasteiger partial charge in [0.25, 0.3) is 10.3 Å². The molecule has 0 fully saturated rings. The molecule has 6 heteroatoms. The lowest BCUT2D eigenvalue weighted by atomic mass is 10.3. The summed E-state index contributed by atoms with van der Waals surface area (Å²) in [5.41, 5.74) is 4.40. The maximum absolute atomic E-state index is 7.56. The van der Waals surface area contributed by atoms with Gasteiger partial charge >= 0.3 is 0 Å². The van der Waals surface area contributed by atoms with Crippen LogP contribution < -0.4 is 5.73 Å². The Hall–Kier alpha value is -0.620. The summed E-state index contributed by atoms with van der Waals surface area (Å²) in [6, 6.07) is 0. The van der Waals surface area contributed by atoms with E-state index in [0.717, 1.165) is 13.1 Å². The monoisotopic (exact) mass is 280 g/mol. The Morgan fingerprint density at radius 2 is 1.53 bits per heavy atom. The van der Waals surface area contributed by atoms with Gasteiger partial charge in [-0.25, -0.2) is 0 Å². The lowest BCUT2D eigenvalue weighted by Crippen LogP contribution is -2.32. The third kappa shape index (κ3) is 15.4. The van der Waals surface area contributed by atoms with Gasteiger partial charge in [0.2, 0.25) is 0 Å². The standard InChI is InChI=1S/C10H21NOS.CH3NOS/c1-4-6-8-11(9-7-5-2)10(13)12-3;2-1(3)4/h4-9H2,1-3H3;(H3,2,3,4). The number of hydrogen-bond acceptors (Lipinski definition) is 3. The number of unbranched alkanes of at least 4 members (excludes halogenated alkanes) is 2. The van der Waals surface area contributed by atoms with Crippen LogP contribution in [0.1, 0.15) is 39.5 Å². The van der Waals surface area contributed by atoms with Gasteiger partial charge in [-0.1, -0.05) is 26.7 Å². The molecule has 0 rings (SSSR count). The number of ether oxygens (including phenoxy) is 1. The van der Waals surface area contributed by atoms with Crippen LogP contribution in [0.2, 0.25) is 0 Å². The maximum Gasteiger partial charge on any atom is 0.259 e. The van der Waals surface area contributed by atoms with E-state index in [1.807, 2.05) is 0 Å². The van der Waals surface area contributed by atoms with Crippen molar-refractivity contribution in [3.8, 4) is 0 Å². The molecule has 0 radical (unpaired) electrons. The molecule has 0 aliphatic rings. The number of thiocarbonyl (C=S) groups is 2. The van der Waals surface area contributed by atoms with Crippen LogP contribution in [0, 0.1) is 0 Å². The van der Waals surface area contributed by atoms with Crippen LogP contribution in [-0.2, 0) is 4.74 Å². The molecule has 102 valence electrons. The van der Waals surface area contributed by atoms with Gasteiger partial charge in [-0.2, -0.15) is 0 Å². The summed E-state index contributed by atoms with van der Waals surface area (Å²) in [6.07, 6.45) is 4.78. The minimum Gasteiger partial charge on any atom is -0.487 e. The number of hydrogen-bond donors (Lipinski definition) is 2. The lowest BCUT2D eigenvalue weighted by molar-refractivity contribution is 0.288. The molecule has 0 aromatic heterocycles. The van der Waals surface area contributed by atoms with Crippen LogP contribution >= 0.6 is 24.4 Å². The molecule has 4 nitrogen and oxygen atoms in total. The normalized spacial score (nSPS) is 8.88. The molecule has 0 aromatic carbocycles. The van der Waals surface area contributed by atoms with E-state index in [2.05, 4.69) is 36.7 Å². The van der Waals surface area contributed by atoms with E-state index in [9.17, 15) is 0 Å². The fourth-order valence-electron chi connectivity index (χ4n) is 1.12. The zero-order valence-electron chi connectivity index (χ0n) is 10.9. The first-order valence-electron chi connectivity index (χ1n) is 5.80. The van der Waals surface area contributed by atoms with Gasteiger partial charge in [0.1, 0.15) is 0 Å². The topological polar surface area (TPSA) is 58.7 Å². The van der Waals surface area contributed by atoms with E-state index < -0.39 is 5.17 Å². The molecule has 0 aromatic rings. The zero-order valence-corrected chi connectivity index (χ0v) is 12.6. The zero-order chi connectivity index (χ0) is 13.7. The van der Waals surface area contributed by atoms with Crippen molar-refractivity contribution in [3.05, 3.63) is 0 Å². The summed E-state index contributed by atoms with van der Waals surface area (Å²) in [5, 5.41) is 7.71. The van der Waals surface area contributed by atoms with Gasteiger partial charge in [0.05, 0.1) is 7.11 Å². The number of aliphatic hydroxyl groups excluding tert-OH is 1. The minimum absolute atomic E-state index is 0.500. The van der Waals surface area contributed by atoms with Gasteiger partial charge in [-0.3, -0.25) is 0 Å². The predicted molar refractivity (Wildman–Crippen MR) is 80.4 cm³/mol. The highest BCUT2D eigenvalue weighted by Gasteiger charge is 2.07. The largest absolute Gasteiger partial charge is 0.487 e. The van der Waals surface area contributed by atoms with Crippen LogP contribution in [-0.4, -0.2) is 40.6 Å². The maximum atomic E-state index is 7.56. The van der Waals surface area contributed by atoms with Crippen molar-refractivity contribution in [1.82, 2.24) is 4.90 Å². The molecule has 0 aliphatic carbocycles. The van der Waals surface area contributed by atoms with Crippen molar-refractivity contribution in [2.75, 3.05) is 20.2 Å². The second-order valence-corrected chi connectivity index (χ2v) is 4.27. The quantitative estimate of drug-likeness (QED) is 0.729. The molecule has 0 bridgehead atoms. The number of aliphatic hydroxyl groups is 1. The van der Waals surface area contributed by atoms with E-state index in [1.165, 1.54) is 25.7 Å². The van der Waals surface area contributed by atoms with Crippen LogP contribution in [0.15, 0.2) is 0 Å². The van der Waals surface area contributed by atoms with Crippen LogP contribution in [0.4, 0.5) is 0 Å². The Labute approximate surface area is 115 Å². The Morgan fingerprint density at radius 3 is 1.76 bits per heavy atom. The number of methoxy groups -OCH3 is 1. The fraction of sp³-hybridized carbons (Fsp3) is 0.818. The third-order valence-electron chi connectivity index (χ3n) is 2.00. The molecule has 0 saturated carbocycles. The average Bonchev–Trinajstić information content (AvgIpc) is 2.27.